The Bertz CT molecular complexity index is 379. The number of ether oxygens (including phenoxy) is 1. The number of benzene rings is 1. The molecular formula is C16H26ClNO. The number of rotatable bonds is 8. The van der Waals surface area contributed by atoms with Gasteiger partial charge in [-0.1, -0.05) is 50.8 Å². The molecule has 2 N–H and O–H groups in total. The molecule has 0 fully saturated rings. The van der Waals surface area contributed by atoms with Crippen LogP contribution in [0.5, 0.6) is 5.75 Å². The highest BCUT2D eigenvalue weighted by atomic mass is 35.5. The van der Waals surface area contributed by atoms with Crippen molar-refractivity contribution in [2.24, 2.45) is 11.7 Å². The number of unbranched alkanes of at least 4 members (excludes halogenated alkanes) is 1. The van der Waals surface area contributed by atoms with Crippen molar-refractivity contribution in [2.75, 3.05) is 6.61 Å². The van der Waals surface area contributed by atoms with Crippen molar-refractivity contribution in [3.63, 3.8) is 0 Å². The Balaban J connectivity index is 2.57. The van der Waals surface area contributed by atoms with Gasteiger partial charge in [0, 0.05) is 6.04 Å². The van der Waals surface area contributed by atoms with E-state index in [-0.39, 0.29) is 6.04 Å². The van der Waals surface area contributed by atoms with E-state index < -0.39 is 0 Å². The molecular weight excluding hydrogens is 258 g/mol. The number of hydrogen-bond donors (Lipinski definition) is 1. The van der Waals surface area contributed by atoms with E-state index in [9.17, 15) is 0 Å². The molecule has 0 heterocycles. The average Bonchev–Trinajstić information content (AvgIpc) is 2.40. The van der Waals surface area contributed by atoms with Crippen molar-refractivity contribution in [2.45, 2.75) is 52.5 Å². The minimum Gasteiger partial charge on any atom is -0.492 e. The monoisotopic (exact) mass is 283 g/mol. The summed E-state index contributed by atoms with van der Waals surface area (Å²) in [4.78, 5) is 0. The average molecular weight is 284 g/mol. The third-order valence-corrected chi connectivity index (χ3v) is 3.79. The summed E-state index contributed by atoms with van der Waals surface area (Å²) in [5.41, 5.74) is 6.87. The fourth-order valence-electron chi connectivity index (χ4n) is 2.02. The van der Waals surface area contributed by atoms with Crippen molar-refractivity contribution in [3.8, 4) is 5.75 Å². The van der Waals surface area contributed by atoms with Crippen molar-refractivity contribution >= 4 is 11.6 Å². The molecule has 0 bridgehead atoms. The Morgan fingerprint density at radius 3 is 2.58 bits per heavy atom. The molecule has 0 spiro atoms. The van der Waals surface area contributed by atoms with Crippen LogP contribution < -0.4 is 10.5 Å². The quantitative estimate of drug-likeness (QED) is 0.732. The molecule has 0 aliphatic heterocycles. The van der Waals surface area contributed by atoms with Crippen LogP contribution in [-0.2, 0) is 0 Å². The summed E-state index contributed by atoms with van der Waals surface area (Å²) in [6, 6.07) is 5.81. The molecule has 3 heteroatoms. The summed E-state index contributed by atoms with van der Waals surface area (Å²) >= 11 is 6.22. The number of hydrogen-bond acceptors (Lipinski definition) is 2. The Hall–Kier alpha value is -0.730. The molecule has 1 unspecified atom stereocenters. The van der Waals surface area contributed by atoms with Gasteiger partial charge < -0.3 is 10.5 Å². The van der Waals surface area contributed by atoms with E-state index in [1.807, 2.05) is 25.1 Å². The van der Waals surface area contributed by atoms with Gasteiger partial charge in [0.05, 0.1) is 11.6 Å². The Labute approximate surface area is 122 Å². The molecule has 0 amide bonds. The minimum atomic E-state index is -0.000468. The van der Waals surface area contributed by atoms with E-state index in [4.69, 9.17) is 22.1 Å². The molecule has 0 saturated carbocycles. The molecule has 0 aliphatic rings. The summed E-state index contributed by atoms with van der Waals surface area (Å²) in [7, 11) is 0. The first-order valence-corrected chi connectivity index (χ1v) is 7.64. The molecule has 2 atom stereocenters. The van der Waals surface area contributed by atoms with E-state index in [2.05, 4.69) is 13.8 Å². The molecule has 0 aliphatic carbocycles. The maximum atomic E-state index is 6.22. The zero-order valence-electron chi connectivity index (χ0n) is 12.3. The van der Waals surface area contributed by atoms with Gasteiger partial charge in [0.1, 0.15) is 5.75 Å². The maximum absolute atomic E-state index is 6.22. The lowest BCUT2D eigenvalue weighted by Gasteiger charge is -2.17. The summed E-state index contributed by atoms with van der Waals surface area (Å²) in [6.07, 6.45) is 4.87. The summed E-state index contributed by atoms with van der Waals surface area (Å²) < 4.78 is 5.85. The van der Waals surface area contributed by atoms with E-state index in [1.54, 1.807) is 0 Å². The lowest BCUT2D eigenvalue weighted by Crippen LogP contribution is -2.12. The molecule has 1 rings (SSSR count). The van der Waals surface area contributed by atoms with Crippen molar-refractivity contribution in [3.05, 3.63) is 28.8 Å². The van der Waals surface area contributed by atoms with E-state index in [1.165, 1.54) is 19.3 Å². The van der Waals surface area contributed by atoms with Crippen LogP contribution in [0.1, 0.15) is 58.1 Å². The van der Waals surface area contributed by atoms with Crippen LogP contribution >= 0.6 is 11.6 Å². The molecule has 1 aromatic carbocycles. The Kier molecular flexibility index (Phi) is 7.25. The summed E-state index contributed by atoms with van der Waals surface area (Å²) in [5, 5.41) is 0.653. The van der Waals surface area contributed by atoms with Gasteiger partial charge in [-0.2, -0.15) is 0 Å². The van der Waals surface area contributed by atoms with Crippen LogP contribution in [0, 0.1) is 5.92 Å². The third kappa shape index (κ3) is 5.42. The van der Waals surface area contributed by atoms with Gasteiger partial charge in [0.15, 0.2) is 0 Å². The molecule has 1 aromatic rings. The van der Waals surface area contributed by atoms with E-state index >= 15 is 0 Å². The fraction of sp³-hybridized carbons (Fsp3) is 0.625. The van der Waals surface area contributed by atoms with Gasteiger partial charge in [0.25, 0.3) is 0 Å². The number of halogens is 1. The van der Waals surface area contributed by atoms with Crippen LogP contribution in [0.3, 0.4) is 0 Å². The highest BCUT2D eigenvalue weighted by molar-refractivity contribution is 6.32. The van der Waals surface area contributed by atoms with Crippen molar-refractivity contribution < 1.29 is 4.74 Å². The van der Waals surface area contributed by atoms with E-state index in [0.29, 0.717) is 10.9 Å². The first kappa shape index (κ1) is 16.3. The van der Waals surface area contributed by atoms with Gasteiger partial charge in [-0.05, 0) is 37.0 Å². The Morgan fingerprint density at radius 1 is 1.32 bits per heavy atom. The van der Waals surface area contributed by atoms with E-state index in [0.717, 1.165) is 24.3 Å². The third-order valence-electron chi connectivity index (χ3n) is 3.50. The van der Waals surface area contributed by atoms with Crippen molar-refractivity contribution in [1.29, 1.82) is 0 Å². The zero-order valence-corrected chi connectivity index (χ0v) is 13.0. The topological polar surface area (TPSA) is 35.2 Å². The first-order valence-electron chi connectivity index (χ1n) is 7.26. The molecule has 108 valence electrons. The predicted molar refractivity (Wildman–Crippen MR) is 82.9 cm³/mol. The normalized spacial score (nSPS) is 14.2. The van der Waals surface area contributed by atoms with Gasteiger partial charge >= 0.3 is 0 Å². The summed E-state index contributed by atoms with van der Waals surface area (Å²) in [6.45, 7) is 7.12. The van der Waals surface area contributed by atoms with Crippen LogP contribution in [0.4, 0.5) is 0 Å². The van der Waals surface area contributed by atoms with Gasteiger partial charge in [-0.3, -0.25) is 0 Å². The van der Waals surface area contributed by atoms with Crippen LogP contribution in [-0.4, -0.2) is 6.61 Å². The molecule has 0 saturated heterocycles. The lowest BCUT2D eigenvalue weighted by molar-refractivity contribution is 0.233. The zero-order chi connectivity index (χ0) is 14.3. The lowest BCUT2D eigenvalue weighted by atomic mass is 10.0. The van der Waals surface area contributed by atoms with Gasteiger partial charge in [0.2, 0.25) is 0 Å². The van der Waals surface area contributed by atoms with Gasteiger partial charge in [-0.25, -0.2) is 0 Å². The summed E-state index contributed by atoms with van der Waals surface area (Å²) in [5.74, 6) is 1.38. The molecule has 2 nitrogen and oxygen atoms in total. The maximum Gasteiger partial charge on any atom is 0.137 e. The molecule has 19 heavy (non-hydrogen) atoms. The minimum absolute atomic E-state index is 0.000468. The second-order valence-electron chi connectivity index (χ2n) is 5.21. The largest absolute Gasteiger partial charge is 0.492 e. The van der Waals surface area contributed by atoms with Crippen LogP contribution in [0.2, 0.25) is 5.02 Å². The fourth-order valence-corrected chi connectivity index (χ4v) is 2.27. The van der Waals surface area contributed by atoms with Crippen LogP contribution in [0.15, 0.2) is 18.2 Å². The first-order chi connectivity index (χ1) is 9.08. The second kappa shape index (κ2) is 8.44. The SMILES string of the molecule is CCCCC(CC)COc1ccc([C@@H](C)N)cc1Cl. The van der Waals surface area contributed by atoms with Gasteiger partial charge in [-0.15, -0.1) is 0 Å². The van der Waals surface area contributed by atoms with Crippen molar-refractivity contribution in [1.82, 2.24) is 0 Å². The Morgan fingerprint density at radius 2 is 2.05 bits per heavy atom. The molecule has 0 radical (unpaired) electrons. The highest BCUT2D eigenvalue weighted by Crippen LogP contribution is 2.28. The molecule has 0 aromatic heterocycles. The predicted octanol–water partition coefficient (Wildman–Crippen LogP) is 4.95. The highest BCUT2D eigenvalue weighted by Gasteiger charge is 2.10. The number of nitrogens with two attached hydrogens (primary N) is 1. The second-order valence-corrected chi connectivity index (χ2v) is 5.61. The smallest absolute Gasteiger partial charge is 0.137 e. The standard InChI is InChI=1S/C16H26ClNO/c1-4-6-7-13(5-2)11-19-16-9-8-14(12(3)18)10-15(16)17/h8-10,12-13H,4-7,11,18H2,1-3H3/t12-,13?/m1/s1. The van der Waals surface area contributed by atoms with Crippen LogP contribution in [0.25, 0.3) is 0 Å².